The van der Waals surface area contributed by atoms with Gasteiger partial charge in [0.2, 0.25) is 0 Å². The fourth-order valence-electron chi connectivity index (χ4n) is 5.53. The molecule has 1 fully saturated rings. The monoisotopic (exact) mass is 518 g/mol. The Hall–Kier alpha value is -4.13. The highest BCUT2D eigenvalue weighted by molar-refractivity contribution is 6.32. The number of anilines is 1. The summed E-state index contributed by atoms with van der Waals surface area (Å²) in [5.41, 5.74) is 1.28. The Morgan fingerprint density at radius 2 is 1.92 bits per heavy atom. The predicted molar refractivity (Wildman–Crippen MR) is 136 cm³/mol. The van der Waals surface area contributed by atoms with Gasteiger partial charge in [0.25, 0.3) is 11.9 Å². The average molecular weight is 519 g/mol. The smallest absolute Gasteiger partial charge is 0.256 e. The number of halogens is 1. The lowest BCUT2D eigenvalue weighted by Crippen LogP contribution is -2.54. The van der Waals surface area contributed by atoms with Gasteiger partial charge in [0.1, 0.15) is 6.61 Å². The van der Waals surface area contributed by atoms with Crippen molar-refractivity contribution in [3.05, 3.63) is 98.1 Å². The molecule has 0 aliphatic carbocycles. The number of fused-ring (bicyclic) bond motifs is 2. The molecule has 5 rings (SSSR count). The summed E-state index contributed by atoms with van der Waals surface area (Å²) >= 11 is 6.63. The number of nitrogens with one attached hydrogen (secondary N) is 2. The summed E-state index contributed by atoms with van der Waals surface area (Å²) in [6.07, 6.45) is 0. The summed E-state index contributed by atoms with van der Waals surface area (Å²) in [6, 6.07) is 17.7. The number of nitrogens with zero attached hydrogens (tertiary/aromatic N) is 2. The van der Waals surface area contributed by atoms with Crippen LogP contribution in [0.15, 0.2) is 60.7 Å². The SMILES string of the molecule is COc1cc([C@@H]2[C@H](C)N[C@@]3(C(=O)Nc4ccccc43)[C@H]2[N+](=O)[O-])cc(Cl)c1OCc1ccccc1C#N. The number of benzene rings is 3. The second-order valence-corrected chi connectivity index (χ2v) is 9.50. The van der Waals surface area contributed by atoms with Gasteiger partial charge < -0.3 is 14.8 Å². The van der Waals surface area contributed by atoms with E-state index in [2.05, 4.69) is 16.7 Å². The number of amides is 1. The summed E-state index contributed by atoms with van der Waals surface area (Å²) in [5, 5.41) is 28.1. The molecule has 1 amide bonds. The number of methoxy groups -OCH3 is 1. The van der Waals surface area contributed by atoms with E-state index in [1.807, 2.05) is 6.92 Å². The molecule has 3 aromatic rings. The highest BCUT2D eigenvalue weighted by Crippen LogP contribution is 2.51. The largest absolute Gasteiger partial charge is 0.493 e. The Balaban J connectivity index is 1.54. The minimum Gasteiger partial charge on any atom is -0.493 e. The zero-order valence-corrected chi connectivity index (χ0v) is 20.8. The molecular weight excluding hydrogens is 496 g/mol. The highest BCUT2D eigenvalue weighted by Gasteiger charge is 2.67. The van der Waals surface area contributed by atoms with Gasteiger partial charge in [0.05, 0.1) is 29.7 Å². The number of hydrogen-bond donors (Lipinski definition) is 2. The molecule has 2 aliphatic heterocycles. The molecule has 37 heavy (non-hydrogen) atoms. The van der Waals surface area contributed by atoms with Crippen LogP contribution in [0.1, 0.15) is 35.1 Å². The molecular formula is C27H23ClN4O5. The molecule has 3 aromatic carbocycles. The molecule has 2 heterocycles. The first-order valence-electron chi connectivity index (χ1n) is 11.6. The van der Waals surface area contributed by atoms with Gasteiger partial charge in [-0.25, -0.2) is 0 Å². The molecule has 2 aliphatic rings. The Morgan fingerprint density at radius 1 is 1.19 bits per heavy atom. The van der Waals surface area contributed by atoms with Crippen LogP contribution in [0.4, 0.5) is 5.69 Å². The van der Waals surface area contributed by atoms with Crippen LogP contribution in [0.5, 0.6) is 11.5 Å². The number of para-hydroxylation sites is 1. The maximum absolute atomic E-state index is 13.2. The first-order valence-corrected chi connectivity index (χ1v) is 12.0. The third-order valence-corrected chi connectivity index (χ3v) is 7.39. The van der Waals surface area contributed by atoms with Crippen molar-refractivity contribution >= 4 is 23.2 Å². The fraction of sp³-hybridized carbons (Fsp3) is 0.259. The molecule has 188 valence electrons. The predicted octanol–water partition coefficient (Wildman–Crippen LogP) is 4.37. The van der Waals surface area contributed by atoms with E-state index in [0.717, 1.165) is 0 Å². The van der Waals surface area contributed by atoms with Crippen molar-refractivity contribution in [3.8, 4) is 17.6 Å². The third kappa shape index (κ3) is 3.86. The number of ether oxygens (including phenoxy) is 2. The van der Waals surface area contributed by atoms with E-state index < -0.39 is 34.4 Å². The van der Waals surface area contributed by atoms with Crippen LogP contribution in [0, 0.1) is 21.4 Å². The standard InChI is InChI=1S/C27H23ClN4O5/c1-15-23(25(32(34)35)27(31-15)19-9-5-6-10-21(19)30-26(27)33)18-11-20(28)24(22(12-18)36-2)37-14-17-8-4-3-7-16(17)13-29/h3-12,15,23,25,31H,14H2,1-2H3,(H,30,33)/t15-,23-,25-,27+/m0/s1. The number of nitriles is 1. The van der Waals surface area contributed by atoms with Gasteiger partial charge in [-0.3, -0.25) is 20.2 Å². The Kier molecular flexibility index (Phi) is 6.23. The van der Waals surface area contributed by atoms with Crippen LogP contribution in [0.2, 0.25) is 5.02 Å². The molecule has 0 aromatic heterocycles. The molecule has 0 saturated carbocycles. The van der Waals surface area contributed by atoms with Crippen molar-refractivity contribution in [1.82, 2.24) is 5.32 Å². The normalized spacial score (nSPS) is 23.8. The average Bonchev–Trinajstić information content (AvgIpc) is 3.36. The fourth-order valence-corrected chi connectivity index (χ4v) is 5.80. The van der Waals surface area contributed by atoms with Crippen LogP contribution in [-0.4, -0.2) is 30.0 Å². The summed E-state index contributed by atoms with van der Waals surface area (Å²) in [7, 11) is 1.45. The Bertz CT molecular complexity index is 1450. The van der Waals surface area contributed by atoms with E-state index in [9.17, 15) is 20.2 Å². The summed E-state index contributed by atoms with van der Waals surface area (Å²) in [6.45, 7) is 1.89. The van der Waals surface area contributed by atoms with Crippen LogP contribution in [-0.2, 0) is 16.9 Å². The maximum Gasteiger partial charge on any atom is 0.256 e. The number of hydrogen-bond acceptors (Lipinski definition) is 7. The second-order valence-electron chi connectivity index (χ2n) is 9.09. The van der Waals surface area contributed by atoms with Gasteiger partial charge in [-0.2, -0.15) is 5.26 Å². The quantitative estimate of drug-likeness (QED) is 0.366. The third-order valence-electron chi connectivity index (χ3n) is 7.11. The van der Waals surface area contributed by atoms with Gasteiger partial charge in [-0.05, 0) is 36.8 Å². The van der Waals surface area contributed by atoms with E-state index in [1.54, 1.807) is 60.7 Å². The summed E-state index contributed by atoms with van der Waals surface area (Å²) in [4.78, 5) is 25.4. The topological polar surface area (TPSA) is 127 Å². The van der Waals surface area contributed by atoms with Gasteiger partial charge in [-0.15, -0.1) is 0 Å². The second kappa shape index (κ2) is 9.39. The number of rotatable bonds is 6. The molecule has 9 nitrogen and oxygen atoms in total. The molecule has 4 atom stereocenters. The minimum absolute atomic E-state index is 0.0815. The molecule has 10 heteroatoms. The van der Waals surface area contributed by atoms with E-state index in [0.29, 0.717) is 33.7 Å². The molecule has 1 spiro atoms. The molecule has 0 bridgehead atoms. The first-order chi connectivity index (χ1) is 17.8. The Labute approximate surface area is 218 Å². The van der Waals surface area contributed by atoms with Crippen molar-refractivity contribution in [2.75, 3.05) is 12.4 Å². The van der Waals surface area contributed by atoms with Crippen molar-refractivity contribution in [1.29, 1.82) is 5.26 Å². The number of carbonyl (C=O) groups excluding carboxylic acids is 1. The van der Waals surface area contributed by atoms with E-state index >= 15 is 0 Å². The number of carbonyl (C=O) groups is 1. The van der Waals surface area contributed by atoms with E-state index in [1.165, 1.54) is 7.11 Å². The molecule has 0 radical (unpaired) electrons. The molecule has 2 N–H and O–H groups in total. The van der Waals surface area contributed by atoms with Crippen LogP contribution < -0.4 is 20.1 Å². The van der Waals surface area contributed by atoms with Gasteiger partial charge >= 0.3 is 0 Å². The zero-order valence-electron chi connectivity index (χ0n) is 20.0. The van der Waals surface area contributed by atoms with Crippen molar-refractivity contribution in [3.63, 3.8) is 0 Å². The molecule has 0 unspecified atom stereocenters. The van der Waals surface area contributed by atoms with Crippen LogP contribution >= 0.6 is 11.6 Å². The summed E-state index contributed by atoms with van der Waals surface area (Å²) in [5.74, 6) is -0.607. The van der Waals surface area contributed by atoms with E-state index in [-0.39, 0.29) is 17.4 Å². The highest BCUT2D eigenvalue weighted by atomic mass is 35.5. The lowest BCUT2D eigenvalue weighted by Gasteiger charge is -2.25. The minimum atomic E-state index is -1.53. The van der Waals surface area contributed by atoms with Crippen LogP contribution in [0.25, 0.3) is 0 Å². The van der Waals surface area contributed by atoms with Gasteiger partial charge in [-0.1, -0.05) is 48.0 Å². The maximum atomic E-state index is 13.2. The van der Waals surface area contributed by atoms with E-state index in [4.69, 9.17) is 21.1 Å². The van der Waals surface area contributed by atoms with Crippen molar-refractivity contribution in [2.45, 2.75) is 37.1 Å². The lowest BCUT2D eigenvalue weighted by molar-refractivity contribution is -0.532. The van der Waals surface area contributed by atoms with Crippen molar-refractivity contribution < 1.29 is 19.2 Å². The number of nitro groups is 1. The lowest BCUT2D eigenvalue weighted by atomic mass is 9.78. The summed E-state index contributed by atoms with van der Waals surface area (Å²) < 4.78 is 11.5. The van der Waals surface area contributed by atoms with Gasteiger partial charge in [0.15, 0.2) is 17.0 Å². The zero-order chi connectivity index (χ0) is 26.3. The van der Waals surface area contributed by atoms with Crippen molar-refractivity contribution in [2.24, 2.45) is 0 Å². The first kappa shape index (κ1) is 24.6. The van der Waals surface area contributed by atoms with Gasteiger partial charge in [0, 0.05) is 27.8 Å². The van der Waals surface area contributed by atoms with Crippen LogP contribution in [0.3, 0.4) is 0 Å². The Morgan fingerprint density at radius 3 is 2.65 bits per heavy atom. The molecule has 1 saturated heterocycles.